The van der Waals surface area contributed by atoms with E-state index in [1.54, 1.807) is 48.5 Å². The number of allylic oxidation sites excluding steroid dienone is 1. The molecule has 0 aliphatic heterocycles. The van der Waals surface area contributed by atoms with Crippen molar-refractivity contribution in [3.05, 3.63) is 99.6 Å². The molecule has 0 amide bonds. The summed E-state index contributed by atoms with van der Waals surface area (Å²) in [6.45, 7) is 0. The van der Waals surface area contributed by atoms with E-state index in [4.69, 9.17) is 4.74 Å². The largest absolute Gasteiger partial charge is 0.865 e. The Morgan fingerprint density at radius 2 is 1.54 bits per heavy atom. The van der Waals surface area contributed by atoms with Gasteiger partial charge in [-0.05, 0) is 23.3 Å². The molecule has 0 saturated carbocycles. The number of carbonyl (C=O) groups excluding carboxylic acids is 1. The van der Waals surface area contributed by atoms with Gasteiger partial charge in [0.15, 0.2) is 5.78 Å². The van der Waals surface area contributed by atoms with Crippen molar-refractivity contribution in [3.8, 4) is 11.5 Å². The van der Waals surface area contributed by atoms with E-state index >= 15 is 0 Å². The van der Waals surface area contributed by atoms with Crippen LogP contribution in [-0.2, 0) is 0 Å². The molecule has 0 radical (unpaired) electrons. The highest BCUT2D eigenvalue weighted by Gasteiger charge is 2.17. The number of nitrogens with zero attached hydrogens (tertiary/aromatic N) is 1. The first-order valence-corrected chi connectivity index (χ1v) is 8.41. The molecular formula is C22H16NO5-. The molecule has 0 atom stereocenters. The van der Waals surface area contributed by atoms with Gasteiger partial charge in [0.05, 0.1) is 12.0 Å². The van der Waals surface area contributed by atoms with Crippen LogP contribution >= 0.6 is 0 Å². The first kappa shape index (κ1) is 18.8. The highest BCUT2D eigenvalue weighted by molar-refractivity contribution is 6.32. The Labute approximate surface area is 161 Å². The topological polar surface area (TPSA) is 92.5 Å². The van der Waals surface area contributed by atoms with Gasteiger partial charge in [-0.25, -0.2) is 0 Å². The van der Waals surface area contributed by atoms with E-state index < -0.39 is 16.4 Å². The standard InChI is InChI=1S/C22H17NO5/c1-28-20-14-15(13-19(22(20)25)23(26)27)12-18(16-8-4-2-5-9-16)21(24)17-10-6-3-7-11-17/h2-14,25H,1H3/p-1/b18-12+. The third-order valence-corrected chi connectivity index (χ3v) is 4.15. The van der Waals surface area contributed by atoms with Crippen LogP contribution < -0.4 is 9.84 Å². The number of methoxy groups -OCH3 is 1. The summed E-state index contributed by atoms with van der Waals surface area (Å²) in [5.74, 6) is -1.19. The minimum absolute atomic E-state index is 0.153. The van der Waals surface area contributed by atoms with Gasteiger partial charge in [-0.15, -0.1) is 0 Å². The molecule has 0 saturated heterocycles. The zero-order valence-corrected chi connectivity index (χ0v) is 15.0. The fourth-order valence-corrected chi connectivity index (χ4v) is 2.79. The summed E-state index contributed by atoms with van der Waals surface area (Å²) in [5.41, 5.74) is 1.21. The molecule has 3 aromatic carbocycles. The summed E-state index contributed by atoms with van der Waals surface area (Å²) in [6.07, 6.45) is 1.53. The number of hydrogen-bond donors (Lipinski definition) is 0. The molecule has 0 heterocycles. The van der Waals surface area contributed by atoms with Crippen molar-refractivity contribution < 1.29 is 19.6 Å². The van der Waals surface area contributed by atoms with Crippen LogP contribution in [0.4, 0.5) is 5.69 Å². The maximum atomic E-state index is 13.1. The van der Waals surface area contributed by atoms with Crippen LogP contribution in [-0.4, -0.2) is 17.8 Å². The fraction of sp³-hybridized carbons (Fsp3) is 0.0455. The van der Waals surface area contributed by atoms with Crippen molar-refractivity contribution in [1.82, 2.24) is 0 Å². The van der Waals surface area contributed by atoms with Crippen molar-refractivity contribution in [2.75, 3.05) is 7.11 Å². The highest BCUT2D eigenvalue weighted by Crippen LogP contribution is 2.36. The first-order valence-electron chi connectivity index (χ1n) is 8.41. The number of Topliss-reactive ketones (excluding diaryl/α,β-unsaturated/α-hetero) is 1. The Hall–Kier alpha value is -3.93. The molecule has 0 aromatic heterocycles. The summed E-state index contributed by atoms with van der Waals surface area (Å²) in [6, 6.07) is 20.2. The van der Waals surface area contributed by atoms with Crippen LogP contribution in [0.3, 0.4) is 0 Å². The van der Waals surface area contributed by atoms with Gasteiger partial charge in [-0.2, -0.15) is 0 Å². The van der Waals surface area contributed by atoms with Gasteiger partial charge in [-0.3, -0.25) is 14.9 Å². The maximum Gasteiger partial charge on any atom is 0.266 e. The van der Waals surface area contributed by atoms with E-state index in [1.807, 2.05) is 12.1 Å². The molecule has 0 aliphatic rings. The predicted molar refractivity (Wildman–Crippen MR) is 104 cm³/mol. The molecule has 3 rings (SSSR count). The summed E-state index contributed by atoms with van der Waals surface area (Å²) >= 11 is 0. The lowest BCUT2D eigenvalue weighted by atomic mass is 9.94. The molecule has 0 spiro atoms. The smallest absolute Gasteiger partial charge is 0.266 e. The number of hydrogen-bond acceptors (Lipinski definition) is 5. The number of ether oxygens (including phenoxy) is 1. The molecule has 6 heteroatoms. The van der Waals surface area contributed by atoms with Gasteiger partial charge in [0, 0.05) is 23.0 Å². The maximum absolute atomic E-state index is 13.1. The van der Waals surface area contributed by atoms with E-state index in [9.17, 15) is 20.0 Å². The zero-order chi connectivity index (χ0) is 20.1. The third-order valence-electron chi connectivity index (χ3n) is 4.15. The number of benzene rings is 3. The van der Waals surface area contributed by atoms with Crippen LogP contribution in [0.2, 0.25) is 0 Å². The predicted octanol–water partition coefficient (Wildman–Crippen LogP) is 4.10. The van der Waals surface area contributed by atoms with Crippen LogP contribution in [0.1, 0.15) is 21.5 Å². The highest BCUT2D eigenvalue weighted by atomic mass is 16.6. The van der Waals surface area contributed by atoms with E-state index in [0.717, 1.165) is 6.07 Å². The Kier molecular flexibility index (Phi) is 5.50. The van der Waals surface area contributed by atoms with Crippen LogP contribution in [0.15, 0.2) is 72.8 Å². The van der Waals surface area contributed by atoms with Crippen molar-refractivity contribution in [2.24, 2.45) is 0 Å². The second-order valence-electron chi connectivity index (χ2n) is 5.95. The SMILES string of the molecule is COc1cc(/C=C(/C(=O)c2ccccc2)c2ccccc2)cc([N+](=O)[O-])c1[O-]. The summed E-state index contributed by atoms with van der Waals surface area (Å²) < 4.78 is 4.98. The minimum atomic E-state index is -0.805. The molecule has 0 unspecified atom stereocenters. The third kappa shape index (κ3) is 3.91. The minimum Gasteiger partial charge on any atom is -0.865 e. The molecule has 0 aliphatic carbocycles. The lowest BCUT2D eigenvalue weighted by molar-refractivity contribution is -0.398. The van der Waals surface area contributed by atoms with Crippen molar-refractivity contribution >= 4 is 23.1 Å². The number of nitro groups is 1. The summed E-state index contributed by atoms with van der Waals surface area (Å²) in [4.78, 5) is 23.5. The van der Waals surface area contributed by atoms with Gasteiger partial charge in [-0.1, -0.05) is 60.7 Å². The molecule has 0 N–H and O–H groups in total. The van der Waals surface area contributed by atoms with Crippen LogP contribution in [0.25, 0.3) is 11.6 Å². The average molecular weight is 374 g/mol. The van der Waals surface area contributed by atoms with E-state index in [2.05, 4.69) is 0 Å². The molecular weight excluding hydrogens is 358 g/mol. The van der Waals surface area contributed by atoms with E-state index in [-0.39, 0.29) is 11.5 Å². The van der Waals surface area contributed by atoms with Gasteiger partial charge in [0.1, 0.15) is 5.75 Å². The van der Waals surface area contributed by atoms with E-state index in [0.29, 0.717) is 22.3 Å². The van der Waals surface area contributed by atoms with Crippen molar-refractivity contribution in [2.45, 2.75) is 0 Å². The van der Waals surface area contributed by atoms with Gasteiger partial charge in [0.2, 0.25) is 0 Å². The molecule has 0 bridgehead atoms. The Bertz CT molecular complexity index is 1040. The second kappa shape index (κ2) is 8.18. The first-order chi connectivity index (χ1) is 13.5. The lowest BCUT2D eigenvalue weighted by Gasteiger charge is -2.14. The monoisotopic (exact) mass is 374 g/mol. The lowest BCUT2D eigenvalue weighted by Crippen LogP contribution is -2.04. The fourth-order valence-electron chi connectivity index (χ4n) is 2.79. The van der Waals surface area contributed by atoms with Crippen LogP contribution in [0.5, 0.6) is 11.5 Å². The number of rotatable bonds is 6. The van der Waals surface area contributed by atoms with E-state index in [1.165, 1.54) is 19.3 Å². The van der Waals surface area contributed by atoms with Gasteiger partial charge >= 0.3 is 0 Å². The quantitative estimate of drug-likeness (QED) is 0.213. The second-order valence-corrected chi connectivity index (χ2v) is 5.95. The number of ketones is 1. The molecule has 3 aromatic rings. The average Bonchev–Trinajstić information content (AvgIpc) is 2.73. The molecule has 6 nitrogen and oxygen atoms in total. The van der Waals surface area contributed by atoms with Crippen molar-refractivity contribution in [3.63, 3.8) is 0 Å². The molecule has 0 fully saturated rings. The van der Waals surface area contributed by atoms with Gasteiger partial charge < -0.3 is 9.84 Å². The molecule has 140 valence electrons. The Balaban J connectivity index is 2.19. The Morgan fingerprint density at radius 3 is 2.07 bits per heavy atom. The summed E-state index contributed by atoms with van der Waals surface area (Å²) in [7, 11) is 1.27. The zero-order valence-electron chi connectivity index (χ0n) is 15.0. The number of nitro benzene ring substituents is 1. The Morgan fingerprint density at radius 1 is 0.964 bits per heavy atom. The summed E-state index contributed by atoms with van der Waals surface area (Å²) in [5, 5.41) is 23.3. The number of carbonyl (C=O) groups is 1. The van der Waals surface area contributed by atoms with Crippen LogP contribution in [0, 0.1) is 10.1 Å². The normalized spacial score (nSPS) is 11.1. The molecule has 28 heavy (non-hydrogen) atoms. The van der Waals surface area contributed by atoms with Crippen molar-refractivity contribution in [1.29, 1.82) is 0 Å². The van der Waals surface area contributed by atoms with Gasteiger partial charge in [0.25, 0.3) is 5.69 Å².